The van der Waals surface area contributed by atoms with Crippen LogP contribution < -0.4 is 0 Å². The van der Waals surface area contributed by atoms with Crippen molar-refractivity contribution in [2.75, 3.05) is 20.6 Å². The average Bonchev–Trinajstić information content (AvgIpc) is 2.99. The van der Waals surface area contributed by atoms with E-state index in [4.69, 9.17) is 4.42 Å². The van der Waals surface area contributed by atoms with Crippen LogP contribution in [-0.2, 0) is 24.1 Å². The van der Waals surface area contributed by atoms with Crippen molar-refractivity contribution in [1.82, 2.24) is 9.80 Å². The quantitative estimate of drug-likeness (QED) is 0.809. The largest absolute Gasteiger partial charge is 0.467 e. The molecule has 0 atom stereocenters. The lowest BCUT2D eigenvalue weighted by Gasteiger charge is -2.22. The number of likely N-dealkylation sites (N-methyl/N-ethyl adjacent to an activating group) is 2. The Kier molecular flexibility index (Phi) is 5.66. The number of carbonyl (C=O) groups excluding carboxylic acids is 1. The second kappa shape index (κ2) is 7.53. The zero-order valence-electron chi connectivity index (χ0n) is 13.5. The van der Waals surface area contributed by atoms with Crippen LogP contribution >= 0.6 is 0 Å². The molecule has 0 N–H and O–H groups in total. The van der Waals surface area contributed by atoms with Crippen LogP contribution in [-0.4, -0.2) is 36.3 Å². The maximum absolute atomic E-state index is 13.0. The van der Waals surface area contributed by atoms with Gasteiger partial charge in [0.25, 0.3) is 0 Å². The Labute approximate surface area is 138 Å². The lowest BCUT2D eigenvalue weighted by Crippen LogP contribution is -2.36. The van der Waals surface area contributed by atoms with E-state index in [0.29, 0.717) is 12.3 Å². The van der Waals surface area contributed by atoms with Gasteiger partial charge in [-0.25, -0.2) is 0 Å². The summed E-state index contributed by atoms with van der Waals surface area (Å²) in [5.41, 5.74) is -0.526. The number of amides is 1. The van der Waals surface area contributed by atoms with Crippen molar-refractivity contribution >= 4 is 5.91 Å². The lowest BCUT2D eigenvalue weighted by molar-refractivity contribution is -0.138. The molecule has 0 fully saturated rings. The van der Waals surface area contributed by atoms with Crippen molar-refractivity contribution in [1.29, 1.82) is 0 Å². The fraction of sp³-hybridized carbons (Fsp3) is 0.353. The maximum Gasteiger partial charge on any atom is 0.416 e. The van der Waals surface area contributed by atoms with E-state index in [1.807, 2.05) is 0 Å². The van der Waals surface area contributed by atoms with Crippen LogP contribution in [0, 0.1) is 0 Å². The zero-order valence-corrected chi connectivity index (χ0v) is 13.5. The smallest absolute Gasteiger partial charge is 0.416 e. The van der Waals surface area contributed by atoms with E-state index < -0.39 is 11.7 Å². The summed E-state index contributed by atoms with van der Waals surface area (Å²) in [4.78, 5) is 15.2. The molecule has 1 aromatic carbocycles. The van der Waals surface area contributed by atoms with Crippen molar-refractivity contribution in [2.45, 2.75) is 19.3 Å². The Morgan fingerprint density at radius 2 is 1.79 bits per heavy atom. The molecule has 0 spiro atoms. The third-order valence-corrected chi connectivity index (χ3v) is 3.57. The molecule has 0 saturated heterocycles. The first-order valence-corrected chi connectivity index (χ1v) is 7.37. The number of benzene rings is 1. The van der Waals surface area contributed by atoms with Crippen LogP contribution in [0.25, 0.3) is 0 Å². The number of alkyl halides is 3. The molecule has 0 unspecified atom stereocenters. The number of furan rings is 1. The summed E-state index contributed by atoms with van der Waals surface area (Å²) in [5, 5.41) is 0. The van der Waals surface area contributed by atoms with Gasteiger partial charge in [-0.15, -0.1) is 0 Å². The molecule has 0 aliphatic heterocycles. The van der Waals surface area contributed by atoms with Crippen molar-refractivity contribution in [3.63, 3.8) is 0 Å². The Morgan fingerprint density at radius 3 is 2.42 bits per heavy atom. The number of nitrogens with zero attached hydrogens (tertiary/aromatic N) is 2. The molecule has 24 heavy (non-hydrogen) atoms. The van der Waals surface area contributed by atoms with E-state index in [0.717, 1.165) is 6.07 Å². The fourth-order valence-corrected chi connectivity index (χ4v) is 2.36. The van der Waals surface area contributed by atoms with Crippen molar-refractivity contribution in [2.24, 2.45) is 0 Å². The Hall–Kier alpha value is -2.28. The van der Waals surface area contributed by atoms with E-state index in [9.17, 15) is 18.0 Å². The summed E-state index contributed by atoms with van der Waals surface area (Å²) >= 11 is 0. The summed E-state index contributed by atoms with van der Waals surface area (Å²) in [6, 6.07) is 8.88. The third-order valence-electron chi connectivity index (χ3n) is 3.57. The molecular formula is C17H19F3N2O2. The summed E-state index contributed by atoms with van der Waals surface area (Å²) in [7, 11) is 3.24. The van der Waals surface area contributed by atoms with Gasteiger partial charge >= 0.3 is 6.18 Å². The summed E-state index contributed by atoms with van der Waals surface area (Å²) in [6.45, 7) is 0.373. The van der Waals surface area contributed by atoms with Gasteiger partial charge in [-0.05, 0) is 30.8 Å². The van der Waals surface area contributed by atoms with Gasteiger partial charge < -0.3 is 9.32 Å². The van der Waals surface area contributed by atoms with Crippen molar-refractivity contribution in [3.8, 4) is 0 Å². The second-order valence-corrected chi connectivity index (χ2v) is 5.66. The number of halogens is 3. The highest BCUT2D eigenvalue weighted by molar-refractivity contribution is 5.77. The van der Waals surface area contributed by atoms with Crippen LogP contribution in [0.15, 0.2) is 47.1 Å². The van der Waals surface area contributed by atoms with Crippen LogP contribution in [0.3, 0.4) is 0 Å². The first-order valence-electron chi connectivity index (χ1n) is 7.37. The molecule has 1 aromatic heterocycles. The predicted octanol–water partition coefficient (Wildman–Crippen LogP) is 3.39. The molecule has 7 heteroatoms. The van der Waals surface area contributed by atoms with E-state index in [1.165, 1.54) is 23.3 Å². The fourth-order valence-electron chi connectivity index (χ4n) is 2.36. The van der Waals surface area contributed by atoms with Gasteiger partial charge in [0.1, 0.15) is 5.76 Å². The van der Waals surface area contributed by atoms with E-state index in [-0.39, 0.29) is 24.6 Å². The van der Waals surface area contributed by atoms with Crippen LogP contribution in [0.5, 0.6) is 0 Å². The highest BCUT2D eigenvalue weighted by atomic mass is 19.4. The molecule has 0 saturated carbocycles. The lowest BCUT2D eigenvalue weighted by atomic mass is 10.1. The van der Waals surface area contributed by atoms with E-state index >= 15 is 0 Å². The molecule has 1 amide bonds. The standard InChI is InChI=1S/C17H19F3N2O2/c1-21(10-13-6-3-4-8-15(13)17(18,19)20)12-16(23)22(2)11-14-7-5-9-24-14/h3-9H,10-12H2,1-2H3. The van der Waals surface area contributed by atoms with Crippen molar-refractivity contribution < 1.29 is 22.4 Å². The first kappa shape index (κ1) is 18.1. The topological polar surface area (TPSA) is 36.7 Å². The van der Waals surface area contributed by atoms with Gasteiger partial charge in [-0.3, -0.25) is 9.69 Å². The molecule has 0 radical (unpaired) electrons. The van der Waals surface area contributed by atoms with Gasteiger partial charge in [0, 0.05) is 13.6 Å². The first-order chi connectivity index (χ1) is 11.3. The molecule has 2 rings (SSSR count). The SMILES string of the molecule is CN(CC(=O)N(C)Cc1ccco1)Cc1ccccc1C(F)(F)F. The van der Waals surface area contributed by atoms with Gasteiger partial charge in [0.2, 0.25) is 5.91 Å². The monoisotopic (exact) mass is 340 g/mol. The summed E-state index contributed by atoms with van der Waals surface area (Å²) in [5.74, 6) is 0.453. The number of carbonyl (C=O) groups is 1. The van der Waals surface area contributed by atoms with Crippen LogP contribution in [0.4, 0.5) is 13.2 Å². The van der Waals surface area contributed by atoms with Gasteiger partial charge in [0.15, 0.2) is 0 Å². The van der Waals surface area contributed by atoms with Crippen LogP contribution in [0.2, 0.25) is 0 Å². The molecular weight excluding hydrogens is 321 g/mol. The normalized spacial score (nSPS) is 11.8. The van der Waals surface area contributed by atoms with E-state index in [2.05, 4.69) is 0 Å². The molecule has 130 valence electrons. The highest BCUT2D eigenvalue weighted by Crippen LogP contribution is 2.32. The average molecular weight is 340 g/mol. The Bertz CT molecular complexity index is 669. The van der Waals surface area contributed by atoms with Gasteiger partial charge in [0.05, 0.1) is 24.9 Å². The van der Waals surface area contributed by atoms with Crippen molar-refractivity contribution in [3.05, 3.63) is 59.5 Å². The van der Waals surface area contributed by atoms with Crippen LogP contribution in [0.1, 0.15) is 16.9 Å². The minimum atomic E-state index is -4.41. The van der Waals surface area contributed by atoms with Gasteiger partial charge in [-0.1, -0.05) is 18.2 Å². The molecule has 2 aromatic rings. The minimum Gasteiger partial charge on any atom is -0.467 e. The molecule has 0 bridgehead atoms. The summed E-state index contributed by atoms with van der Waals surface area (Å²) < 4.78 is 44.2. The Balaban J connectivity index is 1.96. The molecule has 0 aliphatic rings. The molecule has 4 nitrogen and oxygen atoms in total. The number of rotatable bonds is 6. The summed E-state index contributed by atoms with van der Waals surface area (Å²) in [6.07, 6.45) is -2.88. The molecule has 1 heterocycles. The highest BCUT2D eigenvalue weighted by Gasteiger charge is 2.33. The second-order valence-electron chi connectivity index (χ2n) is 5.66. The van der Waals surface area contributed by atoms with E-state index in [1.54, 1.807) is 37.2 Å². The predicted molar refractivity (Wildman–Crippen MR) is 83.0 cm³/mol. The minimum absolute atomic E-state index is 0.0173. The zero-order chi connectivity index (χ0) is 17.7. The van der Waals surface area contributed by atoms with Gasteiger partial charge in [-0.2, -0.15) is 13.2 Å². The Morgan fingerprint density at radius 1 is 1.08 bits per heavy atom. The number of hydrogen-bond donors (Lipinski definition) is 0. The molecule has 0 aliphatic carbocycles. The third kappa shape index (κ3) is 4.86. The maximum atomic E-state index is 13.0. The number of hydrogen-bond acceptors (Lipinski definition) is 3.